The van der Waals surface area contributed by atoms with Crippen LogP contribution in [0.4, 0.5) is 0 Å². The molecule has 0 atom stereocenters. The van der Waals surface area contributed by atoms with Crippen LogP contribution in [0, 0.1) is 13.8 Å². The van der Waals surface area contributed by atoms with Crippen molar-refractivity contribution in [1.82, 2.24) is 23.1 Å². The molecule has 0 saturated heterocycles. The number of hydrogen-bond donors (Lipinski definition) is 0. The van der Waals surface area contributed by atoms with Gasteiger partial charge in [0.2, 0.25) is 5.78 Å². The molecule has 158 valence electrons. The zero-order chi connectivity index (χ0) is 21.6. The Bertz CT molecular complexity index is 1360. The number of halogens is 1. The lowest BCUT2D eigenvalue weighted by atomic mass is 10.2. The number of hydrogen-bond acceptors (Lipinski definition) is 4. The lowest BCUT2D eigenvalue weighted by molar-refractivity contribution is 0.190. The van der Waals surface area contributed by atoms with Gasteiger partial charge in [-0.15, -0.1) is 0 Å². The number of fused-ring (bicyclic) bond motifs is 3. The van der Waals surface area contributed by atoms with Gasteiger partial charge < -0.3 is 9.30 Å². The van der Waals surface area contributed by atoms with Gasteiger partial charge in [0, 0.05) is 43.7 Å². The van der Waals surface area contributed by atoms with E-state index in [-0.39, 0.29) is 12.1 Å². The first-order valence-electron chi connectivity index (χ1n) is 9.76. The summed E-state index contributed by atoms with van der Waals surface area (Å²) in [6, 6.07) is 7.11. The number of imidazole rings is 2. The molecule has 8 nitrogen and oxygen atoms in total. The molecule has 0 amide bonds. The topological polar surface area (TPSA) is 75.5 Å². The summed E-state index contributed by atoms with van der Waals surface area (Å²) >= 11 is 5.96. The van der Waals surface area contributed by atoms with Crippen LogP contribution >= 0.6 is 11.6 Å². The van der Waals surface area contributed by atoms with E-state index in [4.69, 9.17) is 16.3 Å². The Kier molecular flexibility index (Phi) is 5.29. The summed E-state index contributed by atoms with van der Waals surface area (Å²) in [6.45, 7) is 5.49. The van der Waals surface area contributed by atoms with Gasteiger partial charge in [-0.3, -0.25) is 18.3 Å². The van der Waals surface area contributed by atoms with Crippen molar-refractivity contribution in [3.05, 3.63) is 67.1 Å². The molecular formula is C21H24ClN5O3. The zero-order valence-corrected chi connectivity index (χ0v) is 18.2. The average molecular weight is 430 g/mol. The highest BCUT2D eigenvalue weighted by Gasteiger charge is 2.22. The highest BCUT2D eigenvalue weighted by atomic mass is 35.5. The molecule has 4 aromatic rings. The Hall–Kier alpha value is -2.84. The third-order valence-electron chi connectivity index (χ3n) is 5.61. The normalized spacial score (nSPS) is 11.8. The smallest absolute Gasteiger partial charge is 0.332 e. The molecule has 30 heavy (non-hydrogen) atoms. The molecule has 0 fully saturated rings. The van der Waals surface area contributed by atoms with Crippen LogP contribution in [0.5, 0.6) is 0 Å². The predicted octanol–water partition coefficient (Wildman–Crippen LogP) is 2.50. The van der Waals surface area contributed by atoms with E-state index in [1.165, 1.54) is 9.13 Å². The van der Waals surface area contributed by atoms with Crippen LogP contribution in [0.2, 0.25) is 5.02 Å². The molecule has 0 spiro atoms. The highest BCUT2D eigenvalue weighted by Crippen LogP contribution is 2.21. The van der Waals surface area contributed by atoms with Crippen molar-refractivity contribution < 1.29 is 4.74 Å². The van der Waals surface area contributed by atoms with E-state index in [0.717, 1.165) is 23.4 Å². The summed E-state index contributed by atoms with van der Waals surface area (Å²) in [5.41, 5.74) is 2.83. The zero-order valence-electron chi connectivity index (χ0n) is 17.5. The van der Waals surface area contributed by atoms with E-state index in [0.29, 0.717) is 35.1 Å². The van der Waals surface area contributed by atoms with Gasteiger partial charge in [-0.1, -0.05) is 23.7 Å². The minimum Gasteiger partial charge on any atom is -0.385 e. The van der Waals surface area contributed by atoms with E-state index in [1.54, 1.807) is 26.3 Å². The van der Waals surface area contributed by atoms with Gasteiger partial charge in [-0.25, -0.2) is 4.79 Å². The predicted molar refractivity (Wildman–Crippen MR) is 117 cm³/mol. The van der Waals surface area contributed by atoms with Gasteiger partial charge in [0.15, 0.2) is 11.2 Å². The number of rotatable bonds is 6. The number of benzene rings is 1. The van der Waals surface area contributed by atoms with Crippen molar-refractivity contribution in [2.24, 2.45) is 7.05 Å². The first-order chi connectivity index (χ1) is 14.3. The second kappa shape index (κ2) is 7.77. The van der Waals surface area contributed by atoms with Gasteiger partial charge in [-0.05, 0) is 38.0 Å². The molecule has 0 bridgehead atoms. The summed E-state index contributed by atoms with van der Waals surface area (Å²) in [7, 11) is 3.32. The quantitative estimate of drug-likeness (QED) is 0.441. The minimum absolute atomic E-state index is 0.165. The van der Waals surface area contributed by atoms with Crippen molar-refractivity contribution in [1.29, 1.82) is 0 Å². The fraction of sp³-hybridized carbons (Fsp3) is 0.381. The van der Waals surface area contributed by atoms with Gasteiger partial charge in [0.1, 0.15) is 0 Å². The van der Waals surface area contributed by atoms with Crippen LogP contribution in [-0.4, -0.2) is 36.8 Å². The molecule has 4 rings (SSSR count). The summed E-state index contributed by atoms with van der Waals surface area (Å²) in [5.74, 6) is 0.660. The molecule has 0 aliphatic heterocycles. The van der Waals surface area contributed by atoms with Crippen molar-refractivity contribution in [2.45, 2.75) is 33.4 Å². The van der Waals surface area contributed by atoms with Crippen molar-refractivity contribution in [2.75, 3.05) is 13.7 Å². The average Bonchev–Trinajstić information content (AvgIpc) is 3.22. The maximum atomic E-state index is 13.4. The molecule has 0 aliphatic carbocycles. The van der Waals surface area contributed by atoms with Crippen LogP contribution in [-0.2, 0) is 24.9 Å². The molecule has 3 aromatic heterocycles. The summed E-state index contributed by atoms with van der Waals surface area (Å²) in [4.78, 5) is 31.0. The van der Waals surface area contributed by atoms with E-state index in [9.17, 15) is 9.59 Å². The molecule has 0 saturated carbocycles. The Morgan fingerprint density at radius 2 is 1.77 bits per heavy atom. The monoisotopic (exact) mass is 429 g/mol. The summed E-state index contributed by atoms with van der Waals surface area (Å²) < 4.78 is 11.8. The lowest BCUT2D eigenvalue weighted by Gasteiger charge is -2.09. The summed E-state index contributed by atoms with van der Waals surface area (Å²) in [6.07, 6.45) is 0.823. The number of methoxy groups -OCH3 is 1. The second-order valence-corrected chi connectivity index (χ2v) is 7.88. The Morgan fingerprint density at radius 3 is 2.43 bits per heavy atom. The maximum Gasteiger partial charge on any atom is 0.332 e. The third-order valence-corrected chi connectivity index (χ3v) is 5.87. The standard InChI is InChI=1S/C21H24ClN5O3/c1-13-14(2)27-17-18(23-20(27)25(13)10-5-11-30-4)24(3)21(29)26(19(17)28)12-15-6-8-16(22)9-7-15/h6-9H,5,10-12H2,1-4H3. The SMILES string of the molecule is COCCCn1c(C)c(C)n2c3c(=O)n(Cc4ccc(Cl)cc4)c(=O)n(C)c3nc12. The van der Waals surface area contributed by atoms with Crippen molar-refractivity contribution >= 4 is 28.5 Å². The lowest BCUT2D eigenvalue weighted by Crippen LogP contribution is -2.39. The van der Waals surface area contributed by atoms with Crippen LogP contribution < -0.4 is 11.2 Å². The van der Waals surface area contributed by atoms with E-state index >= 15 is 0 Å². The Morgan fingerprint density at radius 1 is 1.07 bits per heavy atom. The van der Waals surface area contributed by atoms with E-state index in [1.807, 2.05) is 30.4 Å². The molecule has 0 unspecified atom stereocenters. The number of aromatic nitrogens is 5. The first-order valence-corrected chi connectivity index (χ1v) is 10.1. The number of ether oxygens (including phenoxy) is 1. The van der Waals surface area contributed by atoms with Gasteiger partial charge in [-0.2, -0.15) is 4.98 Å². The van der Waals surface area contributed by atoms with E-state index in [2.05, 4.69) is 9.55 Å². The molecule has 1 aromatic carbocycles. The molecule has 3 heterocycles. The van der Waals surface area contributed by atoms with E-state index < -0.39 is 5.69 Å². The number of aryl methyl sites for hydroxylation is 3. The molecular weight excluding hydrogens is 406 g/mol. The molecule has 0 radical (unpaired) electrons. The van der Waals surface area contributed by atoms with Crippen molar-refractivity contribution in [3.8, 4) is 0 Å². The first kappa shape index (κ1) is 20.4. The fourth-order valence-corrected chi connectivity index (χ4v) is 3.99. The van der Waals surface area contributed by atoms with Gasteiger partial charge in [0.05, 0.1) is 6.54 Å². The second-order valence-electron chi connectivity index (χ2n) is 7.45. The third kappa shape index (κ3) is 3.16. The molecule has 9 heteroatoms. The highest BCUT2D eigenvalue weighted by molar-refractivity contribution is 6.30. The largest absolute Gasteiger partial charge is 0.385 e. The molecule has 0 N–H and O–H groups in total. The van der Waals surface area contributed by atoms with Crippen molar-refractivity contribution in [3.63, 3.8) is 0 Å². The van der Waals surface area contributed by atoms with Crippen LogP contribution in [0.15, 0.2) is 33.9 Å². The number of nitrogens with zero attached hydrogens (tertiary/aromatic N) is 5. The van der Waals surface area contributed by atoms with Gasteiger partial charge >= 0.3 is 5.69 Å². The fourth-order valence-electron chi connectivity index (χ4n) is 3.86. The maximum absolute atomic E-state index is 13.4. The van der Waals surface area contributed by atoms with Crippen LogP contribution in [0.25, 0.3) is 16.9 Å². The van der Waals surface area contributed by atoms with Crippen LogP contribution in [0.1, 0.15) is 23.4 Å². The Labute approximate surface area is 177 Å². The van der Waals surface area contributed by atoms with Gasteiger partial charge in [0.25, 0.3) is 5.56 Å². The minimum atomic E-state index is -0.400. The molecule has 0 aliphatic rings. The summed E-state index contributed by atoms with van der Waals surface area (Å²) in [5, 5.41) is 0.605. The van der Waals surface area contributed by atoms with Crippen LogP contribution in [0.3, 0.4) is 0 Å². The Balaban J connectivity index is 1.95.